The van der Waals surface area contributed by atoms with Gasteiger partial charge in [0.15, 0.2) is 0 Å². The second-order valence-electron chi connectivity index (χ2n) is 5.89. The lowest BCUT2D eigenvalue weighted by atomic mass is 9.96. The van der Waals surface area contributed by atoms with Gasteiger partial charge in [0, 0.05) is 0 Å². The number of hydrogen-bond donors (Lipinski definition) is 0. The van der Waals surface area contributed by atoms with E-state index in [1.807, 2.05) is 6.08 Å². The van der Waals surface area contributed by atoms with Crippen molar-refractivity contribution in [1.82, 2.24) is 0 Å². The lowest BCUT2D eigenvalue weighted by molar-refractivity contribution is -0.0738. The van der Waals surface area contributed by atoms with Gasteiger partial charge in [0.25, 0.3) is 0 Å². The van der Waals surface area contributed by atoms with Crippen molar-refractivity contribution in [2.75, 3.05) is 0 Å². The highest BCUT2D eigenvalue weighted by Crippen LogP contribution is 2.28. The van der Waals surface area contributed by atoms with Gasteiger partial charge < -0.3 is 4.74 Å². The van der Waals surface area contributed by atoms with Gasteiger partial charge >= 0.3 is 0 Å². The summed E-state index contributed by atoms with van der Waals surface area (Å²) in [5, 5.41) is 0. The molecule has 0 aromatic rings. The zero-order chi connectivity index (χ0) is 12.0. The van der Waals surface area contributed by atoms with Crippen molar-refractivity contribution in [2.45, 2.75) is 77.4 Å². The molecule has 0 saturated heterocycles. The monoisotopic (exact) mass is 224 g/mol. The van der Waals surface area contributed by atoms with Crippen molar-refractivity contribution < 1.29 is 4.74 Å². The van der Waals surface area contributed by atoms with Crippen molar-refractivity contribution in [3.63, 3.8) is 0 Å². The van der Waals surface area contributed by atoms with Gasteiger partial charge in [-0.2, -0.15) is 0 Å². The highest BCUT2D eigenvalue weighted by molar-refractivity contribution is 4.78. The first-order valence-corrected chi connectivity index (χ1v) is 6.84. The average Bonchev–Trinajstić information content (AvgIpc) is 2.69. The van der Waals surface area contributed by atoms with Crippen LogP contribution in [0.15, 0.2) is 12.7 Å². The molecule has 0 aliphatic heterocycles. The Labute approximate surface area is 101 Å². The molecule has 1 heteroatoms. The maximum absolute atomic E-state index is 6.19. The Hall–Kier alpha value is -0.300. The summed E-state index contributed by atoms with van der Waals surface area (Å²) >= 11 is 0. The molecule has 0 spiro atoms. The molecule has 0 amide bonds. The predicted molar refractivity (Wildman–Crippen MR) is 70.6 cm³/mol. The summed E-state index contributed by atoms with van der Waals surface area (Å²) in [5.74, 6) is 0.641. The Bertz CT molecular complexity index is 201. The van der Waals surface area contributed by atoms with Crippen LogP contribution in [-0.4, -0.2) is 11.7 Å². The second kappa shape index (κ2) is 6.44. The molecular formula is C15H28O. The summed E-state index contributed by atoms with van der Waals surface area (Å²) in [6.07, 6.45) is 11.5. The van der Waals surface area contributed by atoms with Gasteiger partial charge in [-0.15, -0.1) is 6.58 Å². The SMILES string of the molecule is C=CC(C)CCCC(C)(C)OC1CCCC1. The Balaban J connectivity index is 2.19. The zero-order valence-corrected chi connectivity index (χ0v) is 11.3. The van der Waals surface area contributed by atoms with E-state index in [0.29, 0.717) is 12.0 Å². The highest BCUT2D eigenvalue weighted by Gasteiger charge is 2.25. The number of allylic oxidation sites excluding steroid dienone is 1. The van der Waals surface area contributed by atoms with E-state index in [2.05, 4.69) is 27.4 Å². The van der Waals surface area contributed by atoms with Gasteiger partial charge in [0.05, 0.1) is 11.7 Å². The molecule has 1 aliphatic carbocycles. The van der Waals surface area contributed by atoms with Gasteiger partial charge in [0.2, 0.25) is 0 Å². The normalized spacial score (nSPS) is 19.9. The smallest absolute Gasteiger partial charge is 0.0630 e. The third-order valence-electron chi connectivity index (χ3n) is 3.63. The fourth-order valence-corrected chi connectivity index (χ4v) is 2.48. The van der Waals surface area contributed by atoms with E-state index < -0.39 is 0 Å². The van der Waals surface area contributed by atoms with Crippen LogP contribution < -0.4 is 0 Å². The van der Waals surface area contributed by atoms with Crippen molar-refractivity contribution in [3.05, 3.63) is 12.7 Å². The summed E-state index contributed by atoms with van der Waals surface area (Å²) in [6, 6.07) is 0. The van der Waals surface area contributed by atoms with E-state index >= 15 is 0 Å². The second-order valence-corrected chi connectivity index (χ2v) is 5.89. The van der Waals surface area contributed by atoms with Crippen LogP contribution in [0.2, 0.25) is 0 Å². The first-order valence-electron chi connectivity index (χ1n) is 6.84. The Morgan fingerprint density at radius 1 is 1.38 bits per heavy atom. The molecule has 0 heterocycles. The third-order valence-corrected chi connectivity index (χ3v) is 3.63. The standard InChI is InChI=1S/C15H28O/c1-5-13(2)9-8-12-15(3,4)16-14-10-6-7-11-14/h5,13-14H,1,6-12H2,2-4H3. The molecule has 1 fully saturated rings. The maximum Gasteiger partial charge on any atom is 0.0630 e. The lowest BCUT2D eigenvalue weighted by Gasteiger charge is -2.29. The Morgan fingerprint density at radius 3 is 2.56 bits per heavy atom. The van der Waals surface area contributed by atoms with E-state index in [-0.39, 0.29) is 5.60 Å². The fraction of sp³-hybridized carbons (Fsp3) is 0.867. The molecule has 0 radical (unpaired) electrons. The lowest BCUT2D eigenvalue weighted by Crippen LogP contribution is -2.29. The minimum absolute atomic E-state index is 0.0654. The molecule has 0 N–H and O–H groups in total. The molecule has 1 aliphatic rings. The van der Waals surface area contributed by atoms with E-state index in [4.69, 9.17) is 4.74 Å². The molecule has 1 nitrogen and oxygen atoms in total. The van der Waals surface area contributed by atoms with Crippen LogP contribution in [0.1, 0.15) is 65.7 Å². The topological polar surface area (TPSA) is 9.23 Å². The summed E-state index contributed by atoms with van der Waals surface area (Å²) in [6.45, 7) is 10.5. The van der Waals surface area contributed by atoms with Gasteiger partial charge in [-0.05, 0) is 45.4 Å². The Kier molecular flexibility index (Phi) is 5.54. The molecular weight excluding hydrogens is 196 g/mol. The van der Waals surface area contributed by atoms with Crippen LogP contribution in [0.3, 0.4) is 0 Å². The molecule has 1 unspecified atom stereocenters. The highest BCUT2D eigenvalue weighted by atomic mass is 16.5. The number of hydrogen-bond acceptors (Lipinski definition) is 1. The van der Waals surface area contributed by atoms with Gasteiger partial charge in [0.1, 0.15) is 0 Å². The first-order chi connectivity index (χ1) is 7.53. The number of ether oxygens (including phenoxy) is 1. The van der Waals surface area contributed by atoms with E-state index in [1.54, 1.807) is 0 Å². The summed E-state index contributed by atoms with van der Waals surface area (Å²) in [5.41, 5.74) is 0.0654. The quantitative estimate of drug-likeness (QED) is 0.569. The van der Waals surface area contributed by atoms with E-state index in [0.717, 1.165) is 0 Å². The van der Waals surface area contributed by atoms with Crippen LogP contribution in [-0.2, 0) is 4.74 Å². The van der Waals surface area contributed by atoms with E-state index in [9.17, 15) is 0 Å². The van der Waals surface area contributed by atoms with Gasteiger partial charge in [-0.1, -0.05) is 32.3 Å². The molecule has 0 aromatic carbocycles. The van der Waals surface area contributed by atoms with Gasteiger partial charge in [-0.25, -0.2) is 0 Å². The average molecular weight is 224 g/mol. The van der Waals surface area contributed by atoms with Crippen molar-refractivity contribution in [3.8, 4) is 0 Å². The molecule has 1 saturated carbocycles. The van der Waals surface area contributed by atoms with Gasteiger partial charge in [-0.3, -0.25) is 0 Å². The maximum atomic E-state index is 6.19. The predicted octanol–water partition coefficient (Wildman–Crippen LogP) is 4.72. The summed E-state index contributed by atoms with van der Waals surface area (Å²) in [7, 11) is 0. The van der Waals surface area contributed by atoms with Crippen LogP contribution in [0.4, 0.5) is 0 Å². The first kappa shape index (κ1) is 13.8. The van der Waals surface area contributed by atoms with E-state index in [1.165, 1.54) is 44.9 Å². The van der Waals surface area contributed by atoms with Crippen LogP contribution in [0.5, 0.6) is 0 Å². The number of rotatable bonds is 7. The largest absolute Gasteiger partial charge is 0.372 e. The summed E-state index contributed by atoms with van der Waals surface area (Å²) < 4.78 is 6.19. The molecule has 1 rings (SSSR count). The fourth-order valence-electron chi connectivity index (χ4n) is 2.48. The molecule has 16 heavy (non-hydrogen) atoms. The summed E-state index contributed by atoms with van der Waals surface area (Å²) in [4.78, 5) is 0. The Morgan fingerprint density at radius 2 is 2.00 bits per heavy atom. The molecule has 0 bridgehead atoms. The van der Waals surface area contributed by atoms with Crippen LogP contribution in [0.25, 0.3) is 0 Å². The molecule has 94 valence electrons. The van der Waals surface area contributed by atoms with Crippen molar-refractivity contribution >= 4 is 0 Å². The van der Waals surface area contributed by atoms with Crippen LogP contribution >= 0.6 is 0 Å². The molecule has 1 atom stereocenters. The minimum atomic E-state index is 0.0654. The molecule has 0 aromatic heterocycles. The minimum Gasteiger partial charge on any atom is -0.372 e. The zero-order valence-electron chi connectivity index (χ0n) is 11.3. The van der Waals surface area contributed by atoms with Crippen molar-refractivity contribution in [2.24, 2.45) is 5.92 Å². The van der Waals surface area contributed by atoms with Crippen molar-refractivity contribution in [1.29, 1.82) is 0 Å². The third kappa shape index (κ3) is 5.16. The van der Waals surface area contributed by atoms with Crippen LogP contribution in [0, 0.1) is 5.92 Å².